The van der Waals surface area contributed by atoms with Crippen LogP contribution in [-0.4, -0.2) is 93.5 Å². The van der Waals surface area contributed by atoms with Crippen molar-refractivity contribution in [3.63, 3.8) is 0 Å². The van der Waals surface area contributed by atoms with Gasteiger partial charge < -0.3 is 37.9 Å². The molecule has 0 radical (unpaired) electrons. The van der Waals surface area contributed by atoms with Crippen LogP contribution >= 0.6 is 0 Å². The van der Waals surface area contributed by atoms with Gasteiger partial charge in [0.1, 0.15) is 13.2 Å². The Bertz CT molecular complexity index is 417. The highest BCUT2D eigenvalue weighted by Crippen LogP contribution is 2.26. The topological polar surface area (TPSA) is 73.8 Å². The molecule has 0 heterocycles. The molecule has 8 heteroatoms. The summed E-state index contributed by atoms with van der Waals surface area (Å²) in [7, 11) is 3.29. The van der Waals surface area contributed by atoms with Gasteiger partial charge in [0, 0.05) is 14.2 Å². The van der Waals surface area contributed by atoms with Gasteiger partial charge in [-0.1, -0.05) is 12.1 Å². The lowest BCUT2D eigenvalue weighted by Crippen LogP contribution is -2.14. The molecule has 28 heavy (non-hydrogen) atoms. The number of ether oxygens (including phenoxy) is 8. The molecule has 162 valence electrons. The predicted molar refractivity (Wildman–Crippen MR) is 104 cm³/mol. The molecule has 1 aromatic carbocycles. The second kappa shape index (κ2) is 18.9. The molecule has 0 unspecified atom stereocenters. The van der Waals surface area contributed by atoms with E-state index in [9.17, 15) is 0 Å². The van der Waals surface area contributed by atoms with Crippen LogP contribution < -0.4 is 9.47 Å². The van der Waals surface area contributed by atoms with E-state index in [0.717, 1.165) is 0 Å². The van der Waals surface area contributed by atoms with Crippen molar-refractivity contribution in [1.82, 2.24) is 0 Å². The van der Waals surface area contributed by atoms with E-state index in [0.29, 0.717) is 90.8 Å². The fourth-order valence-electron chi connectivity index (χ4n) is 2.04. The monoisotopic (exact) mass is 402 g/mol. The van der Waals surface area contributed by atoms with E-state index in [1.165, 1.54) is 0 Å². The zero-order valence-electron chi connectivity index (χ0n) is 17.1. The molecule has 0 atom stereocenters. The molecule has 0 amide bonds. The van der Waals surface area contributed by atoms with Crippen LogP contribution in [-0.2, 0) is 28.4 Å². The summed E-state index contributed by atoms with van der Waals surface area (Å²) >= 11 is 0. The molecule has 0 aliphatic carbocycles. The van der Waals surface area contributed by atoms with E-state index >= 15 is 0 Å². The van der Waals surface area contributed by atoms with Crippen molar-refractivity contribution in [2.75, 3.05) is 93.5 Å². The van der Waals surface area contributed by atoms with Crippen molar-refractivity contribution >= 4 is 0 Å². The SMILES string of the molecule is COCCOCCOCCOc1ccccc1OCCOCCOCCOC. The highest BCUT2D eigenvalue weighted by molar-refractivity contribution is 5.39. The van der Waals surface area contributed by atoms with E-state index in [4.69, 9.17) is 37.9 Å². The summed E-state index contributed by atoms with van der Waals surface area (Å²) in [5.41, 5.74) is 0. The molecule has 0 aliphatic heterocycles. The van der Waals surface area contributed by atoms with Gasteiger partial charge in [0.25, 0.3) is 0 Å². The average molecular weight is 402 g/mol. The quantitative estimate of drug-likeness (QED) is 0.306. The summed E-state index contributed by atoms with van der Waals surface area (Å²) in [4.78, 5) is 0. The lowest BCUT2D eigenvalue weighted by molar-refractivity contribution is 0.0160. The van der Waals surface area contributed by atoms with E-state index in [-0.39, 0.29) is 0 Å². The molecule has 8 nitrogen and oxygen atoms in total. The van der Waals surface area contributed by atoms with Gasteiger partial charge in [-0.3, -0.25) is 0 Å². The van der Waals surface area contributed by atoms with Crippen molar-refractivity contribution in [3.05, 3.63) is 24.3 Å². The van der Waals surface area contributed by atoms with Gasteiger partial charge in [0.2, 0.25) is 0 Å². The van der Waals surface area contributed by atoms with Crippen LogP contribution in [0.4, 0.5) is 0 Å². The second-order valence-electron chi connectivity index (χ2n) is 5.58. The molecule has 0 saturated heterocycles. The Labute approximate surface area is 167 Å². The normalized spacial score (nSPS) is 10.9. The van der Waals surface area contributed by atoms with Crippen LogP contribution in [0.1, 0.15) is 0 Å². The van der Waals surface area contributed by atoms with E-state index in [2.05, 4.69) is 0 Å². The summed E-state index contributed by atoms with van der Waals surface area (Å²) in [6.45, 7) is 6.30. The van der Waals surface area contributed by atoms with Gasteiger partial charge in [-0.2, -0.15) is 0 Å². The molecule has 0 fully saturated rings. The van der Waals surface area contributed by atoms with Crippen LogP contribution in [0.5, 0.6) is 11.5 Å². The molecule has 0 bridgehead atoms. The summed E-state index contributed by atoms with van der Waals surface area (Å²) < 4.78 is 42.8. The third-order valence-electron chi connectivity index (χ3n) is 3.43. The zero-order valence-corrected chi connectivity index (χ0v) is 17.1. The molecular formula is C20H34O8. The Hall–Kier alpha value is -1.42. The fraction of sp³-hybridized carbons (Fsp3) is 0.700. The Morgan fingerprint density at radius 3 is 1.14 bits per heavy atom. The first-order valence-corrected chi connectivity index (χ1v) is 9.52. The summed E-state index contributed by atoms with van der Waals surface area (Å²) in [6, 6.07) is 7.54. The highest BCUT2D eigenvalue weighted by Gasteiger charge is 2.04. The van der Waals surface area contributed by atoms with E-state index in [1.807, 2.05) is 24.3 Å². The first-order chi connectivity index (χ1) is 13.9. The molecule has 0 aliphatic rings. The Morgan fingerprint density at radius 2 is 0.786 bits per heavy atom. The van der Waals surface area contributed by atoms with Crippen molar-refractivity contribution in [2.24, 2.45) is 0 Å². The maximum Gasteiger partial charge on any atom is 0.161 e. The Kier molecular flexibility index (Phi) is 16.6. The molecule has 0 spiro atoms. The standard InChI is InChI=1S/C20H34O8/c1-21-7-9-23-11-13-25-15-17-27-19-5-3-4-6-20(19)28-18-16-26-14-12-24-10-8-22-2/h3-6H,7-18H2,1-2H3. The third-order valence-corrected chi connectivity index (χ3v) is 3.43. The van der Waals surface area contributed by atoms with Crippen molar-refractivity contribution in [3.8, 4) is 11.5 Å². The largest absolute Gasteiger partial charge is 0.487 e. The van der Waals surface area contributed by atoms with Gasteiger partial charge in [0.15, 0.2) is 11.5 Å². The lowest BCUT2D eigenvalue weighted by atomic mass is 10.3. The average Bonchev–Trinajstić information content (AvgIpc) is 2.72. The van der Waals surface area contributed by atoms with Gasteiger partial charge in [-0.05, 0) is 12.1 Å². The van der Waals surface area contributed by atoms with Gasteiger partial charge >= 0.3 is 0 Å². The van der Waals surface area contributed by atoms with Crippen molar-refractivity contribution in [1.29, 1.82) is 0 Å². The Morgan fingerprint density at radius 1 is 0.464 bits per heavy atom. The number of rotatable bonds is 20. The minimum Gasteiger partial charge on any atom is -0.487 e. The molecule has 1 aromatic rings. The minimum absolute atomic E-state index is 0.438. The summed E-state index contributed by atoms with van der Waals surface area (Å²) in [5, 5.41) is 0. The molecule has 0 N–H and O–H groups in total. The van der Waals surface area contributed by atoms with Gasteiger partial charge in [0.05, 0.1) is 66.1 Å². The number of hydrogen-bond donors (Lipinski definition) is 0. The first-order valence-electron chi connectivity index (χ1n) is 9.52. The molecule has 0 aromatic heterocycles. The number of hydrogen-bond acceptors (Lipinski definition) is 8. The third kappa shape index (κ3) is 13.7. The summed E-state index contributed by atoms with van der Waals surface area (Å²) in [6.07, 6.45) is 0. The van der Waals surface area contributed by atoms with Crippen LogP contribution in [0.15, 0.2) is 24.3 Å². The highest BCUT2D eigenvalue weighted by atomic mass is 16.6. The first kappa shape index (κ1) is 24.6. The Balaban J connectivity index is 2.06. The van der Waals surface area contributed by atoms with Crippen LogP contribution in [0.2, 0.25) is 0 Å². The maximum atomic E-state index is 5.73. The predicted octanol–water partition coefficient (Wildman–Crippen LogP) is 1.80. The minimum atomic E-state index is 0.438. The number of benzene rings is 1. The number of para-hydroxylation sites is 2. The lowest BCUT2D eigenvalue weighted by Gasteiger charge is -2.13. The van der Waals surface area contributed by atoms with Crippen LogP contribution in [0, 0.1) is 0 Å². The van der Waals surface area contributed by atoms with Crippen molar-refractivity contribution < 1.29 is 37.9 Å². The van der Waals surface area contributed by atoms with E-state index in [1.54, 1.807) is 14.2 Å². The van der Waals surface area contributed by atoms with Gasteiger partial charge in [-0.25, -0.2) is 0 Å². The van der Waals surface area contributed by atoms with Gasteiger partial charge in [-0.15, -0.1) is 0 Å². The van der Waals surface area contributed by atoms with E-state index < -0.39 is 0 Å². The fourth-order valence-corrected chi connectivity index (χ4v) is 2.04. The second-order valence-corrected chi connectivity index (χ2v) is 5.58. The smallest absolute Gasteiger partial charge is 0.161 e. The van der Waals surface area contributed by atoms with Crippen LogP contribution in [0.25, 0.3) is 0 Å². The molecule has 0 saturated carbocycles. The van der Waals surface area contributed by atoms with Crippen molar-refractivity contribution in [2.45, 2.75) is 0 Å². The zero-order chi connectivity index (χ0) is 20.1. The maximum absolute atomic E-state index is 5.73. The number of methoxy groups -OCH3 is 2. The molecule has 1 rings (SSSR count). The summed E-state index contributed by atoms with van der Waals surface area (Å²) in [5.74, 6) is 1.37. The van der Waals surface area contributed by atoms with Crippen LogP contribution in [0.3, 0.4) is 0 Å². The molecular weight excluding hydrogens is 368 g/mol.